The highest BCUT2D eigenvalue weighted by Crippen LogP contribution is 2.17. The van der Waals surface area contributed by atoms with E-state index in [2.05, 4.69) is 34.5 Å². The Morgan fingerprint density at radius 2 is 1.92 bits per heavy atom. The van der Waals surface area contributed by atoms with Crippen LogP contribution in [-0.4, -0.2) is 39.6 Å². The van der Waals surface area contributed by atoms with Crippen molar-refractivity contribution in [2.45, 2.75) is 18.9 Å². The van der Waals surface area contributed by atoms with Gasteiger partial charge in [-0.15, -0.1) is 0 Å². The van der Waals surface area contributed by atoms with Gasteiger partial charge in [0, 0.05) is 38.2 Å². The molecule has 3 rings (SSSR count). The third-order valence-corrected chi connectivity index (χ3v) is 4.76. The van der Waals surface area contributed by atoms with Gasteiger partial charge in [0.1, 0.15) is 6.04 Å². The molecule has 2 N–H and O–H groups in total. The minimum absolute atomic E-state index is 0.145. The number of benzene rings is 1. The van der Waals surface area contributed by atoms with Crippen molar-refractivity contribution in [3.63, 3.8) is 0 Å². The first kappa shape index (κ1) is 16.6. The lowest BCUT2D eigenvalue weighted by molar-refractivity contribution is -0.918. The zero-order valence-corrected chi connectivity index (χ0v) is 14.4. The van der Waals surface area contributed by atoms with Gasteiger partial charge in [-0.1, -0.05) is 12.1 Å². The van der Waals surface area contributed by atoms with Crippen molar-refractivity contribution in [3.05, 3.63) is 54.0 Å². The monoisotopic (exact) mass is 328 g/mol. The molecule has 2 aromatic rings. The molecule has 0 radical (unpaired) electrons. The Labute approximate surface area is 143 Å². The first-order valence-corrected chi connectivity index (χ1v) is 8.58. The Hall–Kier alpha value is -2.27. The molecule has 0 saturated carbocycles. The van der Waals surface area contributed by atoms with Gasteiger partial charge in [-0.05, 0) is 24.3 Å². The molecule has 1 atom stereocenters. The number of carbonyl (C=O) groups is 1. The Morgan fingerprint density at radius 3 is 2.50 bits per heavy atom. The summed E-state index contributed by atoms with van der Waals surface area (Å²) < 4.78 is 5.18. The maximum Gasteiger partial charge on any atom is 0.287 e. The molecule has 1 aromatic carbocycles. The predicted molar refractivity (Wildman–Crippen MR) is 94.5 cm³/mol. The zero-order valence-electron chi connectivity index (χ0n) is 14.4. The van der Waals surface area contributed by atoms with Crippen LogP contribution in [-0.2, 0) is 0 Å². The molecule has 0 aliphatic carbocycles. The van der Waals surface area contributed by atoms with Gasteiger partial charge in [0.2, 0.25) is 0 Å². The van der Waals surface area contributed by atoms with Crippen LogP contribution in [0.5, 0.6) is 0 Å². The summed E-state index contributed by atoms with van der Waals surface area (Å²) in [6.45, 7) is 2.95. The molecule has 5 heteroatoms. The largest absolute Gasteiger partial charge is 0.459 e. The number of furan rings is 1. The lowest BCUT2D eigenvalue weighted by Crippen LogP contribution is -3.11. The summed E-state index contributed by atoms with van der Waals surface area (Å²) >= 11 is 0. The SMILES string of the molecule is CN(C)c1ccc([C@H](CNC(=O)c2ccco2)[NH+]2CCCC2)cc1. The van der Waals surface area contributed by atoms with Crippen LogP contribution in [0.2, 0.25) is 0 Å². The Kier molecular flexibility index (Phi) is 5.20. The average Bonchev–Trinajstić information content (AvgIpc) is 3.29. The van der Waals surface area contributed by atoms with Gasteiger partial charge in [0.25, 0.3) is 5.91 Å². The van der Waals surface area contributed by atoms with Crippen molar-refractivity contribution >= 4 is 11.6 Å². The van der Waals surface area contributed by atoms with E-state index in [0.717, 1.165) is 13.1 Å². The number of hydrogen-bond donors (Lipinski definition) is 2. The van der Waals surface area contributed by atoms with E-state index in [1.54, 1.807) is 17.0 Å². The van der Waals surface area contributed by atoms with Gasteiger partial charge in [-0.3, -0.25) is 4.79 Å². The Bertz CT molecular complexity index is 644. The van der Waals surface area contributed by atoms with Crippen LogP contribution in [0.25, 0.3) is 0 Å². The summed E-state index contributed by atoms with van der Waals surface area (Å²) in [6, 6.07) is 12.4. The molecule has 1 aliphatic rings. The van der Waals surface area contributed by atoms with E-state index in [9.17, 15) is 4.79 Å². The van der Waals surface area contributed by atoms with Crippen LogP contribution in [0.15, 0.2) is 47.1 Å². The molecular formula is C19H26N3O2+. The average molecular weight is 328 g/mol. The molecule has 1 amide bonds. The smallest absolute Gasteiger partial charge is 0.287 e. The number of nitrogens with one attached hydrogen (secondary N) is 2. The third kappa shape index (κ3) is 3.79. The summed E-state index contributed by atoms with van der Waals surface area (Å²) in [6.07, 6.45) is 4.04. The second kappa shape index (κ2) is 7.53. The lowest BCUT2D eigenvalue weighted by Gasteiger charge is -2.25. The van der Waals surface area contributed by atoms with Crippen molar-refractivity contribution < 1.29 is 14.1 Å². The van der Waals surface area contributed by atoms with Crippen LogP contribution in [0.4, 0.5) is 5.69 Å². The molecular weight excluding hydrogens is 302 g/mol. The van der Waals surface area contributed by atoms with Gasteiger partial charge in [-0.2, -0.15) is 0 Å². The number of anilines is 1. The first-order chi connectivity index (χ1) is 11.6. The van der Waals surface area contributed by atoms with Gasteiger partial charge in [0.15, 0.2) is 5.76 Å². The van der Waals surface area contributed by atoms with E-state index in [4.69, 9.17) is 4.42 Å². The fourth-order valence-corrected chi connectivity index (χ4v) is 3.37. The zero-order chi connectivity index (χ0) is 16.9. The lowest BCUT2D eigenvalue weighted by atomic mass is 10.0. The highest BCUT2D eigenvalue weighted by atomic mass is 16.3. The van der Waals surface area contributed by atoms with Crippen LogP contribution >= 0.6 is 0 Å². The molecule has 1 aliphatic heterocycles. The first-order valence-electron chi connectivity index (χ1n) is 8.58. The predicted octanol–water partition coefficient (Wildman–Crippen LogP) is 1.50. The summed E-state index contributed by atoms with van der Waals surface area (Å²) in [7, 11) is 4.09. The van der Waals surface area contributed by atoms with Crippen molar-refractivity contribution in [2.24, 2.45) is 0 Å². The van der Waals surface area contributed by atoms with Crippen molar-refractivity contribution in [1.29, 1.82) is 0 Å². The van der Waals surface area contributed by atoms with Gasteiger partial charge in [0.05, 0.1) is 25.9 Å². The second-order valence-corrected chi connectivity index (χ2v) is 6.59. The maximum absolute atomic E-state index is 12.2. The van der Waals surface area contributed by atoms with E-state index >= 15 is 0 Å². The number of amides is 1. The number of hydrogen-bond acceptors (Lipinski definition) is 3. The molecule has 1 fully saturated rings. The van der Waals surface area contributed by atoms with Crippen molar-refractivity contribution in [2.75, 3.05) is 38.6 Å². The Morgan fingerprint density at radius 1 is 1.21 bits per heavy atom. The van der Waals surface area contributed by atoms with Crippen LogP contribution in [0, 0.1) is 0 Å². The maximum atomic E-state index is 12.2. The number of nitrogens with zero attached hydrogens (tertiary/aromatic N) is 1. The van der Waals surface area contributed by atoms with E-state index in [0.29, 0.717) is 12.3 Å². The number of likely N-dealkylation sites (tertiary alicyclic amines) is 1. The van der Waals surface area contributed by atoms with Crippen LogP contribution in [0.1, 0.15) is 35.0 Å². The molecule has 0 spiro atoms. The molecule has 1 aromatic heterocycles. The van der Waals surface area contributed by atoms with Gasteiger partial charge < -0.3 is 19.5 Å². The number of carbonyl (C=O) groups excluding carboxylic acids is 1. The molecule has 0 bridgehead atoms. The molecule has 0 unspecified atom stereocenters. The van der Waals surface area contributed by atoms with Gasteiger partial charge >= 0.3 is 0 Å². The normalized spacial score (nSPS) is 16.1. The second-order valence-electron chi connectivity index (χ2n) is 6.59. The summed E-state index contributed by atoms with van der Waals surface area (Å²) in [4.78, 5) is 15.8. The molecule has 24 heavy (non-hydrogen) atoms. The minimum Gasteiger partial charge on any atom is -0.459 e. The highest BCUT2D eigenvalue weighted by molar-refractivity contribution is 5.91. The fourth-order valence-electron chi connectivity index (χ4n) is 3.37. The van der Waals surface area contributed by atoms with Crippen molar-refractivity contribution in [3.8, 4) is 0 Å². The number of quaternary nitrogens is 1. The molecule has 1 saturated heterocycles. The topological polar surface area (TPSA) is 49.9 Å². The third-order valence-electron chi connectivity index (χ3n) is 4.76. The van der Waals surface area contributed by atoms with E-state index in [-0.39, 0.29) is 11.9 Å². The molecule has 128 valence electrons. The molecule has 5 nitrogen and oxygen atoms in total. The standard InChI is InChI=1S/C19H25N3O2/c1-21(2)16-9-7-15(8-10-16)17(22-11-3-4-12-22)14-20-19(23)18-6-5-13-24-18/h5-10,13,17H,3-4,11-12,14H2,1-2H3,(H,20,23)/p+1/t17-/m0/s1. The summed E-state index contributed by atoms with van der Waals surface area (Å²) in [5, 5.41) is 3.03. The number of rotatable bonds is 6. The van der Waals surface area contributed by atoms with E-state index < -0.39 is 0 Å². The van der Waals surface area contributed by atoms with E-state index in [1.807, 2.05) is 14.1 Å². The van der Waals surface area contributed by atoms with Crippen molar-refractivity contribution in [1.82, 2.24) is 5.32 Å². The molecule has 2 heterocycles. The minimum atomic E-state index is -0.145. The van der Waals surface area contributed by atoms with Gasteiger partial charge in [-0.25, -0.2) is 0 Å². The van der Waals surface area contributed by atoms with Crippen LogP contribution < -0.4 is 15.1 Å². The van der Waals surface area contributed by atoms with E-state index in [1.165, 1.54) is 30.4 Å². The highest BCUT2D eigenvalue weighted by Gasteiger charge is 2.28. The fraction of sp³-hybridized carbons (Fsp3) is 0.421. The summed E-state index contributed by atoms with van der Waals surface area (Å²) in [5.74, 6) is 0.224. The van der Waals surface area contributed by atoms with Crippen LogP contribution in [0.3, 0.4) is 0 Å². The summed E-state index contributed by atoms with van der Waals surface area (Å²) in [5.41, 5.74) is 2.46. The Balaban J connectivity index is 1.72. The quantitative estimate of drug-likeness (QED) is 0.845.